The van der Waals surface area contributed by atoms with E-state index in [1.165, 1.54) is 29.4 Å². The van der Waals surface area contributed by atoms with Crippen molar-refractivity contribution in [1.82, 2.24) is 9.55 Å². The van der Waals surface area contributed by atoms with Crippen molar-refractivity contribution in [3.05, 3.63) is 48.0 Å². The lowest BCUT2D eigenvalue weighted by Crippen LogP contribution is -2.06. The lowest BCUT2D eigenvalue weighted by Gasteiger charge is -2.10. The molecule has 0 bridgehead atoms. The molecule has 0 unspecified atom stereocenters. The summed E-state index contributed by atoms with van der Waals surface area (Å²) >= 11 is 0. The van der Waals surface area contributed by atoms with Gasteiger partial charge in [-0.3, -0.25) is 0 Å². The Hall–Kier alpha value is -2.29. The van der Waals surface area contributed by atoms with Crippen molar-refractivity contribution in [3.8, 4) is 11.8 Å². The topological polar surface area (TPSA) is 41.6 Å². The largest absolute Gasteiger partial charge is 0.416 e. The van der Waals surface area contributed by atoms with Crippen LogP contribution < -0.4 is 0 Å². The third-order valence-electron chi connectivity index (χ3n) is 2.18. The zero-order chi connectivity index (χ0) is 12.5. The Labute approximate surface area is 94.7 Å². The second kappa shape index (κ2) is 3.94. The third-order valence-corrected chi connectivity index (χ3v) is 2.18. The standard InChI is InChI=1S/C11H6F3N3/c12-11(13,14)9-3-8(6-15)4-10(5-9)17-2-1-16-7-17/h1-5,7H. The fourth-order valence-corrected chi connectivity index (χ4v) is 1.40. The molecule has 1 aromatic heterocycles. The number of benzene rings is 1. The predicted molar refractivity (Wildman–Crippen MR) is 53.3 cm³/mol. The van der Waals surface area contributed by atoms with Crippen molar-refractivity contribution in [2.75, 3.05) is 0 Å². The molecule has 0 atom stereocenters. The minimum absolute atomic E-state index is 0.0384. The van der Waals surface area contributed by atoms with E-state index in [2.05, 4.69) is 4.98 Å². The van der Waals surface area contributed by atoms with Crippen LogP contribution in [0, 0.1) is 11.3 Å². The average molecular weight is 237 g/mol. The van der Waals surface area contributed by atoms with Crippen LogP contribution in [0.5, 0.6) is 0 Å². The fraction of sp³-hybridized carbons (Fsp3) is 0.0909. The highest BCUT2D eigenvalue weighted by Gasteiger charge is 2.31. The summed E-state index contributed by atoms with van der Waals surface area (Å²) in [6.45, 7) is 0. The quantitative estimate of drug-likeness (QED) is 0.765. The summed E-state index contributed by atoms with van der Waals surface area (Å²) in [6, 6.07) is 4.87. The van der Waals surface area contributed by atoms with E-state index in [0.29, 0.717) is 0 Å². The highest BCUT2D eigenvalue weighted by molar-refractivity contribution is 5.45. The molecule has 3 nitrogen and oxygen atoms in total. The predicted octanol–water partition coefficient (Wildman–Crippen LogP) is 2.76. The van der Waals surface area contributed by atoms with Crippen molar-refractivity contribution in [2.45, 2.75) is 6.18 Å². The van der Waals surface area contributed by atoms with Gasteiger partial charge in [-0.15, -0.1) is 0 Å². The molecular formula is C11H6F3N3. The van der Waals surface area contributed by atoms with Gasteiger partial charge in [-0.2, -0.15) is 18.4 Å². The van der Waals surface area contributed by atoms with E-state index in [4.69, 9.17) is 5.26 Å². The molecule has 0 saturated heterocycles. The summed E-state index contributed by atoms with van der Waals surface area (Å²) in [5, 5.41) is 8.71. The van der Waals surface area contributed by atoms with E-state index >= 15 is 0 Å². The van der Waals surface area contributed by atoms with Crippen LogP contribution in [0.25, 0.3) is 5.69 Å². The van der Waals surface area contributed by atoms with E-state index < -0.39 is 11.7 Å². The van der Waals surface area contributed by atoms with Crippen LogP contribution in [0.2, 0.25) is 0 Å². The van der Waals surface area contributed by atoms with E-state index in [1.807, 2.05) is 0 Å². The molecule has 86 valence electrons. The lowest BCUT2D eigenvalue weighted by molar-refractivity contribution is -0.137. The number of nitrogens with zero attached hydrogens (tertiary/aromatic N) is 3. The molecule has 6 heteroatoms. The Balaban J connectivity index is 2.59. The van der Waals surface area contributed by atoms with Crippen molar-refractivity contribution in [1.29, 1.82) is 5.26 Å². The van der Waals surface area contributed by atoms with Gasteiger partial charge in [0.2, 0.25) is 0 Å². The van der Waals surface area contributed by atoms with Crippen molar-refractivity contribution >= 4 is 0 Å². The lowest BCUT2D eigenvalue weighted by atomic mass is 10.1. The number of alkyl halides is 3. The number of nitriles is 1. The van der Waals surface area contributed by atoms with Crippen LogP contribution in [0.1, 0.15) is 11.1 Å². The first kappa shape index (κ1) is 11.2. The second-order valence-electron chi connectivity index (χ2n) is 3.35. The number of halogens is 3. The van der Waals surface area contributed by atoms with Crippen LogP contribution in [0.15, 0.2) is 36.9 Å². The van der Waals surface area contributed by atoms with E-state index in [0.717, 1.165) is 12.1 Å². The van der Waals surface area contributed by atoms with Gasteiger partial charge in [-0.05, 0) is 18.2 Å². The Kier molecular flexibility index (Phi) is 2.60. The molecule has 1 heterocycles. The molecule has 1 aromatic carbocycles. The number of aromatic nitrogens is 2. The van der Waals surface area contributed by atoms with Crippen molar-refractivity contribution < 1.29 is 13.2 Å². The van der Waals surface area contributed by atoms with Crippen LogP contribution in [-0.2, 0) is 6.18 Å². The number of imidazole rings is 1. The maximum atomic E-state index is 12.6. The molecular weight excluding hydrogens is 231 g/mol. The summed E-state index contributed by atoms with van der Waals surface area (Å²) in [5.41, 5.74) is -0.627. The first-order chi connectivity index (χ1) is 8.00. The minimum Gasteiger partial charge on any atom is -0.306 e. The summed E-state index contributed by atoms with van der Waals surface area (Å²) < 4.78 is 39.2. The molecule has 0 amide bonds. The molecule has 0 aliphatic carbocycles. The molecule has 2 aromatic rings. The van der Waals surface area contributed by atoms with Gasteiger partial charge in [-0.1, -0.05) is 0 Å². The maximum absolute atomic E-state index is 12.6. The fourth-order valence-electron chi connectivity index (χ4n) is 1.40. The summed E-state index contributed by atoms with van der Waals surface area (Å²) in [6.07, 6.45) is -0.137. The second-order valence-corrected chi connectivity index (χ2v) is 3.35. The number of hydrogen-bond acceptors (Lipinski definition) is 2. The minimum atomic E-state index is -4.47. The molecule has 0 aliphatic heterocycles. The Bertz CT molecular complexity index is 565. The van der Waals surface area contributed by atoms with Gasteiger partial charge >= 0.3 is 6.18 Å². The molecule has 0 N–H and O–H groups in total. The third kappa shape index (κ3) is 2.28. The SMILES string of the molecule is N#Cc1cc(-n2ccnc2)cc(C(F)(F)F)c1. The maximum Gasteiger partial charge on any atom is 0.416 e. The Morgan fingerprint density at radius 2 is 2.00 bits per heavy atom. The average Bonchev–Trinajstić information content (AvgIpc) is 2.80. The van der Waals surface area contributed by atoms with Crippen LogP contribution in [0.3, 0.4) is 0 Å². The zero-order valence-corrected chi connectivity index (χ0v) is 8.44. The smallest absolute Gasteiger partial charge is 0.306 e. The first-order valence-corrected chi connectivity index (χ1v) is 4.61. The van der Waals surface area contributed by atoms with Gasteiger partial charge in [0, 0.05) is 18.1 Å². The summed E-state index contributed by atoms with van der Waals surface area (Å²) in [7, 11) is 0. The molecule has 0 radical (unpaired) electrons. The monoisotopic (exact) mass is 237 g/mol. The number of rotatable bonds is 1. The highest BCUT2D eigenvalue weighted by atomic mass is 19.4. The van der Waals surface area contributed by atoms with E-state index in [1.54, 1.807) is 6.07 Å². The van der Waals surface area contributed by atoms with Gasteiger partial charge in [0.05, 0.1) is 23.5 Å². The van der Waals surface area contributed by atoms with Gasteiger partial charge < -0.3 is 4.57 Å². The molecule has 0 saturated carbocycles. The highest BCUT2D eigenvalue weighted by Crippen LogP contribution is 2.31. The van der Waals surface area contributed by atoms with E-state index in [9.17, 15) is 13.2 Å². The Morgan fingerprint density at radius 3 is 2.53 bits per heavy atom. The molecule has 17 heavy (non-hydrogen) atoms. The molecule has 0 spiro atoms. The van der Waals surface area contributed by atoms with Gasteiger partial charge in [-0.25, -0.2) is 4.98 Å². The van der Waals surface area contributed by atoms with Crippen LogP contribution in [0.4, 0.5) is 13.2 Å². The van der Waals surface area contributed by atoms with Gasteiger partial charge in [0.25, 0.3) is 0 Å². The van der Waals surface area contributed by atoms with Gasteiger partial charge in [0.15, 0.2) is 0 Å². The zero-order valence-electron chi connectivity index (χ0n) is 8.44. The summed E-state index contributed by atoms with van der Waals surface area (Å²) in [5.74, 6) is 0. The van der Waals surface area contributed by atoms with Crippen molar-refractivity contribution in [3.63, 3.8) is 0 Å². The number of hydrogen-bond donors (Lipinski definition) is 0. The Morgan fingerprint density at radius 1 is 1.24 bits per heavy atom. The first-order valence-electron chi connectivity index (χ1n) is 4.61. The van der Waals surface area contributed by atoms with Crippen molar-refractivity contribution in [2.24, 2.45) is 0 Å². The summed E-state index contributed by atoms with van der Waals surface area (Å²) in [4.78, 5) is 3.74. The van der Waals surface area contributed by atoms with Gasteiger partial charge in [0.1, 0.15) is 0 Å². The van der Waals surface area contributed by atoms with E-state index in [-0.39, 0.29) is 11.3 Å². The molecule has 2 rings (SSSR count). The van der Waals surface area contributed by atoms with Crippen LogP contribution >= 0.6 is 0 Å². The molecule has 0 fully saturated rings. The van der Waals surface area contributed by atoms with Crippen LogP contribution in [-0.4, -0.2) is 9.55 Å². The molecule has 0 aliphatic rings. The normalized spacial score (nSPS) is 11.2.